The van der Waals surface area contributed by atoms with E-state index in [0.717, 1.165) is 24.1 Å². The number of halogens is 2. The minimum atomic E-state index is -1.05. The maximum atomic E-state index is 13.5. The van der Waals surface area contributed by atoms with Gasteiger partial charge >= 0.3 is 0 Å². The Morgan fingerprint density at radius 2 is 1.92 bits per heavy atom. The standard InChI is InChI=1S/C19H15F2N3O2/c20-14-9-8-13(11-15(14)21)19(25)24-10-4-7-16(24)18-22-17(23-26-18)12-5-2-1-3-6-12/h1-3,5-6,8-9,11,16H,4,7,10H2. The van der Waals surface area contributed by atoms with Gasteiger partial charge in [0.2, 0.25) is 11.7 Å². The molecule has 3 aromatic rings. The molecule has 26 heavy (non-hydrogen) atoms. The number of carbonyl (C=O) groups excluding carboxylic acids is 1. The zero-order chi connectivity index (χ0) is 18.1. The second-order valence-corrected chi connectivity index (χ2v) is 6.11. The van der Waals surface area contributed by atoms with Crippen LogP contribution in [0.1, 0.15) is 35.1 Å². The molecule has 0 aliphatic carbocycles. The molecule has 0 spiro atoms. The monoisotopic (exact) mass is 355 g/mol. The van der Waals surface area contributed by atoms with E-state index < -0.39 is 11.6 Å². The van der Waals surface area contributed by atoms with Gasteiger partial charge in [-0.15, -0.1) is 0 Å². The molecule has 1 saturated heterocycles. The number of aromatic nitrogens is 2. The summed E-state index contributed by atoms with van der Waals surface area (Å²) in [7, 11) is 0. The second kappa shape index (κ2) is 6.67. The van der Waals surface area contributed by atoms with Crippen LogP contribution in [0.5, 0.6) is 0 Å². The average Bonchev–Trinajstić information content (AvgIpc) is 3.33. The number of nitrogens with zero attached hydrogens (tertiary/aromatic N) is 3. The highest BCUT2D eigenvalue weighted by atomic mass is 19.2. The van der Waals surface area contributed by atoms with Crippen molar-refractivity contribution in [3.8, 4) is 11.4 Å². The van der Waals surface area contributed by atoms with Gasteiger partial charge in [0.25, 0.3) is 5.91 Å². The number of rotatable bonds is 3. The van der Waals surface area contributed by atoms with Crippen LogP contribution < -0.4 is 0 Å². The number of hydrogen-bond acceptors (Lipinski definition) is 4. The van der Waals surface area contributed by atoms with Crippen molar-refractivity contribution in [2.75, 3.05) is 6.54 Å². The Morgan fingerprint density at radius 1 is 1.12 bits per heavy atom. The van der Waals surface area contributed by atoms with Crippen LogP contribution in [-0.4, -0.2) is 27.5 Å². The molecule has 1 atom stereocenters. The molecule has 0 radical (unpaired) electrons. The van der Waals surface area contributed by atoms with Crippen LogP contribution in [0.2, 0.25) is 0 Å². The molecule has 1 unspecified atom stereocenters. The summed E-state index contributed by atoms with van der Waals surface area (Å²) in [5, 5.41) is 3.99. The quantitative estimate of drug-likeness (QED) is 0.713. The Balaban J connectivity index is 1.60. The fraction of sp³-hybridized carbons (Fsp3) is 0.211. The Labute approximate surface area is 148 Å². The van der Waals surface area contributed by atoms with E-state index in [9.17, 15) is 13.6 Å². The lowest BCUT2D eigenvalue weighted by Gasteiger charge is -2.21. The first-order valence-corrected chi connectivity index (χ1v) is 8.28. The maximum absolute atomic E-state index is 13.5. The lowest BCUT2D eigenvalue weighted by atomic mass is 10.1. The number of hydrogen-bond donors (Lipinski definition) is 0. The smallest absolute Gasteiger partial charge is 0.254 e. The number of benzene rings is 2. The average molecular weight is 355 g/mol. The van der Waals surface area contributed by atoms with Gasteiger partial charge in [-0.3, -0.25) is 4.79 Å². The van der Waals surface area contributed by atoms with Gasteiger partial charge in [-0.25, -0.2) is 8.78 Å². The summed E-state index contributed by atoms with van der Waals surface area (Å²) in [5.74, 6) is -1.62. The third-order valence-corrected chi connectivity index (χ3v) is 4.44. The topological polar surface area (TPSA) is 59.2 Å². The van der Waals surface area contributed by atoms with Crippen molar-refractivity contribution in [3.63, 3.8) is 0 Å². The van der Waals surface area contributed by atoms with E-state index in [2.05, 4.69) is 10.1 Å². The molecule has 1 amide bonds. The highest BCUT2D eigenvalue weighted by Gasteiger charge is 2.34. The van der Waals surface area contributed by atoms with E-state index in [0.29, 0.717) is 24.7 Å². The molecule has 1 aromatic heterocycles. The van der Waals surface area contributed by atoms with E-state index in [-0.39, 0.29) is 17.5 Å². The zero-order valence-corrected chi connectivity index (χ0v) is 13.7. The predicted octanol–water partition coefficient (Wildman–Crippen LogP) is 3.99. The lowest BCUT2D eigenvalue weighted by molar-refractivity contribution is 0.0709. The van der Waals surface area contributed by atoms with Crippen molar-refractivity contribution in [1.29, 1.82) is 0 Å². The van der Waals surface area contributed by atoms with Crippen LogP contribution in [0, 0.1) is 11.6 Å². The van der Waals surface area contributed by atoms with Gasteiger partial charge in [0.1, 0.15) is 6.04 Å². The summed E-state index contributed by atoms with van der Waals surface area (Å²) in [6.07, 6.45) is 1.44. The number of carbonyl (C=O) groups is 1. The summed E-state index contributed by atoms with van der Waals surface area (Å²) < 4.78 is 31.9. The zero-order valence-electron chi connectivity index (χ0n) is 13.7. The van der Waals surface area contributed by atoms with E-state index in [1.54, 1.807) is 4.90 Å². The van der Waals surface area contributed by atoms with Crippen LogP contribution in [0.25, 0.3) is 11.4 Å². The van der Waals surface area contributed by atoms with Crippen molar-refractivity contribution >= 4 is 5.91 Å². The van der Waals surface area contributed by atoms with Gasteiger partial charge in [-0.2, -0.15) is 4.98 Å². The molecule has 2 heterocycles. The minimum absolute atomic E-state index is 0.0959. The van der Waals surface area contributed by atoms with Gasteiger partial charge in [-0.1, -0.05) is 35.5 Å². The van der Waals surface area contributed by atoms with Gasteiger partial charge in [0.15, 0.2) is 11.6 Å². The molecule has 7 heteroatoms. The molecule has 1 aliphatic heterocycles. The largest absolute Gasteiger partial charge is 0.337 e. The molecule has 0 saturated carbocycles. The van der Waals surface area contributed by atoms with Gasteiger partial charge in [0.05, 0.1) is 0 Å². The molecule has 0 bridgehead atoms. The number of likely N-dealkylation sites (tertiary alicyclic amines) is 1. The van der Waals surface area contributed by atoms with Crippen LogP contribution in [0.4, 0.5) is 8.78 Å². The van der Waals surface area contributed by atoms with Gasteiger partial charge < -0.3 is 9.42 Å². The van der Waals surface area contributed by atoms with Crippen LogP contribution in [-0.2, 0) is 0 Å². The van der Waals surface area contributed by atoms with Crippen LogP contribution >= 0.6 is 0 Å². The molecule has 132 valence electrons. The fourth-order valence-electron chi connectivity index (χ4n) is 3.14. The molecule has 5 nitrogen and oxygen atoms in total. The van der Waals surface area contributed by atoms with Crippen LogP contribution in [0.3, 0.4) is 0 Å². The second-order valence-electron chi connectivity index (χ2n) is 6.11. The normalized spacial score (nSPS) is 16.8. The Bertz CT molecular complexity index is 943. The first kappa shape index (κ1) is 16.4. The van der Waals surface area contributed by atoms with E-state index in [1.807, 2.05) is 30.3 Å². The first-order chi connectivity index (χ1) is 12.6. The summed E-state index contributed by atoms with van der Waals surface area (Å²) in [6.45, 7) is 0.492. The van der Waals surface area contributed by atoms with E-state index in [1.165, 1.54) is 6.07 Å². The molecule has 2 aromatic carbocycles. The van der Waals surface area contributed by atoms with Crippen molar-refractivity contribution < 1.29 is 18.1 Å². The highest BCUT2D eigenvalue weighted by molar-refractivity contribution is 5.94. The van der Waals surface area contributed by atoms with Crippen molar-refractivity contribution in [1.82, 2.24) is 15.0 Å². The predicted molar refractivity (Wildman–Crippen MR) is 89.1 cm³/mol. The third-order valence-electron chi connectivity index (χ3n) is 4.44. The molecule has 4 rings (SSSR count). The highest BCUT2D eigenvalue weighted by Crippen LogP contribution is 2.33. The number of amides is 1. The summed E-state index contributed by atoms with van der Waals surface area (Å²) in [6, 6.07) is 12.1. The Kier molecular flexibility index (Phi) is 4.20. The summed E-state index contributed by atoms with van der Waals surface area (Å²) >= 11 is 0. The molecule has 1 fully saturated rings. The lowest BCUT2D eigenvalue weighted by Crippen LogP contribution is -2.30. The van der Waals surface area contributed by atoms with Gasteiger partial charge in [0, 0.05) is 17.7 Å². The molecule has 0 N–H and O–H groups in total. The van der Waals surface area contributed by atoms with Gasteiger partial charge in [-0.05, 0) is 31.0 Å². The first-order valence-electron chi connectivity index (χ1n) is 8.28. The molecular weight excluding hydrogens is 340 g/mol. The van der Waals surface area contributed by atoms with Crippen molar-refractivity contribution in [3.05, 3.63) is 71.6 Å². The molecular formula is C19H15F2N3O2. The van der Waals surface area contributed by atoms with E-state index in [4.69, 9.17) is 4.52 Å². The van der Waals surface area contributed by atoms with Crippen molar-refractivity contribution in [2.24, 2.45) is 0 Å². The SMILES string of the molecule is O=C(c1ccc(F)c(F)c1)N1CCCC1c1nc(-c2ccccc2)no1. The molecule has 1 aliphatic rings. The Morgan fingerprint density at radius 3 is 2.69 bits per heavy atom. The van der Waals surface area contributed by atoms with E-state index >= 15 is 0 Å². The van der Waals surface area contributed by atoms with Crippen LogP contribution in [0.15, 0.2) is 53.1 Å². The minimum Gasteiger partial charge on any atom is -0.337 e. The fourth-order valence-corrected chi connectivity index (χ4v) is 3.14. The summed E-state index contributed by atoms with van der Waals surface area (Å²) in [5.41, 5.74) is 0.914. The Hall–Kier alpha value is -3.09. The third kappa shape index (κ3) is 2.96. The maximum Gasteiger partial charge on any atom is 0.254 e. The summed E-state index contributed by atoms with van der Waals surface area (Å²) in [4.78, 5) is 18.7. The van der Waals surface area contributed by atoms with Crippen molar-refractivity contribution in [2.45, 2.75) is 18.9 Å².